The van der Waals surface area contributed by atoms with Crippen LogP contribution in [-0.4, -0.2) is 9.97 Å². The van der Waals surface area contributed by atoms with Crippen molar-refractivity contribution in [3.8, 4) is 22.3 Å². The van der Waals surface area contributed by atoms with E-state index < -0.39 is 0 Å². The van der Waals surface area contributed by atoms with Crippen LogP contribution >= 0.6 is 22.6 Å². The number of halogens is 1. The summed E-state index contributed by atoms with van der Waals surface area (Å²) in [6.07, 6.45) is 3.21. The first-order valence-electron chi connectivity index (χ1n) is 10.3. The van der Waals surface area contributed by atoms with Gasteiger partial charge in [0.25, 0.3) is 0 Å². The molecule has 3 aromatic carbocycles. The Balaban J connectivity index is 1.34. The largest absolute Gasteiger partial charge is 0.358 e. The first-order valence-corrected chi connectivity index (χ1v) is 11.3. The van der Waals surface area contributed by atoms with E-state index in [1.807, 2.05) is 0 Å². The highest BCUT2D eigenvalue weighted by Gasteiger charge is 2.27. The van der Waals surface area contributed by atoms with E-state index >= 15 is 0 Å². The fourth-order valence-corrected chi connectivity index (χ4v) is 5.32. The van der Waals surface area contributed by atoms with Gasteiger partial charge in [0.2, 0.25) is 0 Å². The Labute approximate surface area is 183 Å². The third-order valence-corrected chi connectivity index (χ3v) is 6.86. The summed E-state index contributed by atoms with van der Waals surface area (Å²) >= 11 is 2.36. The van der Waals surface area contributed by atoms with Gasteiger partial charge in [0.05, 0.1) is 3.70 Å². The molecule has 0 fully saturated rings. The second-order valence-corrected chi connectivity index (χ2v) is 9.14. The second-order valence-electron chi connectivity index (χ2n) is 7.98. The molecule has 0 unspecified atom stereocenters. The lowest BCUT2D eigenvalue weighted by Crippen LogP contribution is -1.99. The van der Waals surface area contributed by atoms with Gasteiger partial charge >= 0.3 is 0 Å². The van der Waals surface area contributed by atoms with Gasteiger partial charge in [0.15, 0.2) is 0 Å². The minimum atomic E-state index is 1.04. The molecule has 2 N–H and O–H groups in total. The quantitative estimate of drug-likeness (QED) is 0.245. The van der Waals surface area contributed by atoms with Gasteiger partial charge in [-0.3, -0.25) is 0 Å². The van der Waals surface area contributed by atoms with Crippen molar-refractivity contribution in [1.82, 2.24) is 9.97 Å². The number of aromatic amines is 2. The Morgan fingerprint density at radius 1 is 0.690 bits per heavy atom. The van der Waals surface area contributed by atoms with Crippen molar-refractivity contribution < 1.29 is 0 Å². The number of aryl methyl sites for hydroxylation is 3. The number of benzene rings is 3. The van der Waals surface area contributed by atoms with Crippen LogP contribution in [0, 0.1) is 3.70 Å². The maximum atomic E-state index is 3.66. The minimum Gasteiger partial charge on any atom is -0.358 e. The van der Waals surface area contributed by atoms with Crippen molar-refractivity contribution in [1.29, 1.82) is 0 Å². The molecule has 29 heavy (non-hydrogen) atoms. The summed E-state index contributed by atoms with van der Waals surface area (Å²) < 4.78 is 1.19. The third-order valence-electron chi connectivity index (χ3n) is 6.28. The zero-order valence-corrected chi connectivity index (χ0v) is 18.4. The summed E-state index contributed by atoms with van der Waals surface area (Å²) in [5.41, 5.74) is 12.2. The van der Waals surface area contributed by atoms with Gasteiger partial charge in [-0.25, -0.2) is 0 Å². The first kappa shape index (κ1) is 17.3. The Hall–Kier alpha value is -2.53. The van der Waals surface area contributed by atoms with Crippen LogP contribution in [0.25, 0.3) is 44.1 Å². The van der Waals surface area contributed by atoms with Crippen molar-refractivity contribution in [2.45, 2.75) is 26.2 Å². The summed E-state index contributed by atoms with van der Waals surface area (Å²) in [4.78, 5) is 7.11. The number of H-pyrrole nitrogens is 2. The second kappa shape index (κ2) is 6.49. The van der Waals surface area contributed by atoms with Gasteiger partial charge < -0.3 is 9.97 Å². The van der Waals surface area contributed by atoms with E-state index in [1.54, 1.807) is 0 Å². The Morgan fingerprint density at radius 2 is 1.31 bits per heavy atom. The molecule has 1 aliphatic rings. The van der Waals surface area contributed by atoms with Gasteiger partial charge in [-0.2, -0.15) is 0 Å². The molecule has 142 valence electrons. The van der Waals surface area contributed by atoms with Crippen LogP contribution in [0.4, 0.5) is 0 Å². The molecule has 0 atom stereocenters. The van der Waals surface area contributed by atoms with Gasteiger partial charge in [-0.1, -0.05) is 43.3 Å². The Kier molecular flexibility index (Phi) is 3.88. The van der Waals surface area contributed by atoms with Crippen molar-refractivity contribution in [2.75, 3.05) is 0 Å². The summed E-state index contributed by atoms with van der Waals surface area (Å²) in [7, 11) is 0. The molecule has 2 heterocycles. The smallest absolute Gasteiger partial charge is 0.0783 e. The molecule has 0 saturated heterocycles. The fraction of sp³-hybridized carbons (Fsp3) is 0.154. The van der Waals surface area contributed by atoms with Crippen LogP contribution < -0.4 is 0 Å². The number of nitrogens with one attached hydrogen (secondary N) is 2. The fourth-order valence-electron chi connectivity index (χ4n) is 4.72. The van der Waals surface area contributed by atoms with E-state index in [2.05, 4.69) is 100 Å². The maximum absolute atomic E-state index is 3.66. The lowest BCUT2D eigenvalue weighted by atomic mass is 9.77. The molecule has 2 nitrogen and oxygen atoms in total. The average molecular weight is 488 g/mol. The molecule has 0 aliphatic heterocycles. The molecule has 0 spiro atoms. The summed E-state index contributed by atoms with van der Waals surface area (Å²) in [6.45, 7) is 2.20. The van der Waals surface area contributed by atoms with E-state index in [4.69, 9.17) is 0 Å². The standard InChI is InChI=1S/C26H21IN2/c1-2-15-3-5-16(6-4-15)7-8-17-13-20-22(28-17)11-9-18-25(20)19-10-12-23-21(26(18)19)14-24(27)29-23/h3-6,9-14,28-29H,2,7-8H2,1H3. The van der Waals surface area contributed by atoms with Crippen molar-refractivity contribution in [3.63, 3.8) is 0 Å². The van der Waals surface area contributed by atoms with Gasteiger partial charge in [-0.15, -0.1) is 0 Å². The minimum absolute atomic E-state index is 1.04. The van der Waals surface area contributed by atoms with Gasteiger partial charge in [0.1, 0.15) is 0 Å². The normalized spacial score (nSPS) is 12.2. The predicted octanol–water partition coefficient (Wildman–Crippen LogP) is 7.25. The van der Waals surface area contributed by atoms with E-state index in [-0.39, 0.29) is 0 Å². The van der Waals surface area contributed by atoms with E-state index in [9.17, 15) is 0 Å². The van der Waals surface area contributed by atoms with E-state index in [1.165, 1.54) is 64.6 Å². The number of fused-ring (bicyclic) bond motifs is 8. The monoisotopic (exact) mass is 488 g/mol. The van der Waals surface area contributed by atoms with Crippen LogP contribution in [0.2, 0.25) is 0 Å². The van der Waals surface area contributed by atoms with Gasteiger partial charge in [-0.05, 0) is 99.5 Å². The van der Waals surface area contributed by atoms with Gasteiger partial charge in [0, 0.05) is 27.5 Å². The van der Waals surface area contributed by atoms with Crippen molar-refractivity contribution >= 4 is 44.4 Å². The first-order chi connectivity index (χ1) is 14.2. The van der Waals surface area contributed by atoms with Crippen LogP contribution in [0.5, 0.6) is 0 Å². The molecular weight excluding hydrogens is 467 g/mol. The number of rotatable bonds is 4. The molecule has 0 radical (unpaired) electrons. The summed E-state index contributed by atoms with van der Waals surface area (Å²) in [5, 5.41) is 2.70. The lowest BCUT2D eigenvalue weighted by Gasteiger charge is -2.25. The summed E-state index contributed by atoms with van der Waals surface area (Å²) in [6, 6.07) is 22.7. The molecule has 3 heteroatoms. The molecule has 6 rings (SSSR count). The highest BCUT2D eigenvalue weighted by Crippen LogP contribution is 2.53. The SMILES string of the molecule is CCc1ccc(CCc2cc3c4c(ccc3[nH]2)-c2c-4ccc3[nH]c(I)cc23)cc1. The lowest BCUT2D eigenvalue weighted by molar-refractivity contribution is 0.928. The van der Waals surface area contributed by atoms with Crippen LogP contribution in [0.15, 0.2) is 60.7 Å². The van der Waals surface area contributed by atoms with Crippen LogP contribution in [-0.2, 0) is 19.3 Å². The summed E-state index contributed by atoms with van der Waals surface area (Å²) in [5.74, 6) is 0. The molecule has 5 aromatic rings. The third kappa shape index (κ3) is 2.67. The molecule has 0 bridgehead atoms. The predicted molar refractivity (Wildman–Crippen MR) is 131 cm³/mol. The number of hydrogen-bond donors (Lipinski definition) is 2. The Bertz CT molecular complexity index is 1390. The van der Waals surface area contributed by atoms with Crippen molar-refractivity contribution in [2.24, 2.45) is 0 Å². The topological polar surface area (TPSA) is 31.6 Å². The van der Waals surface area contributed by atoms with E-state index in [0.29, 0.717) is 0 Å². The Morgan fingerprint density at radius 3 is 2.00 bits per heavy atom. The molecule has 2 aromatic heterocycles. The number of hydrogen-bond acceptors (Lipinski definition) is 0. The zero-order valence-electron chi connectivity index (χ0n) is 16.3. The molecular formula is C26H21IN2. The number of aromatic nitrogens is 2. The highest BCUT2D eigenvalue weighted by atomic mass is 127. The molecule has 0 amide bonds. The maximum Gasteiger partial charge on any atom is 0.0783 e. The van der Waals surface area contributed by atoms with Crippen LogP contribution in [0.3, 0.4) is 0 Å². The molecule has 1 aliphatic carbocycles. The molecule has 0 saturated carbocycles. The van der Waals surface area contributed by atoms with E-state index in [0.717, 1.165) is 19.3 Å². The van der Waals surface area contributed by atoms with Crippen molar-refractivity contribution in [3.05, 3.63) is 81.2 Å². The highest BCUT2D eigenvalue weighted by molar-refractivity contribution is 14.1. The van der Waals surface area contributed by atoms with Crippen LogP contribution in [0.1, 0.15) is 23.7 Å². The average Bonchev–Trinajstić information content (AvgIpc) is 3.30. The zero-order chi connectivity index (χ0) is 19.5.